The number of carbonyl (C=O) groups is 1. The van der Waals surface area contributed by atoms with E-state index in [1.165, 1.54) is 0 Å². The van der Waals surface area contributed by atoms with Gasteiger partial charge in [0, 0.05) is 18.2 Å². The van der Waals surface area contributed by atoms with Crippen molar-refractivity contribution in [1.29, 1.82) is 0 Å². The molecular weight excluding hydrogens is 218 g/mol. The first-order valence-corrected chi connectivity index (χ1v) is 5.65. The molecule has 17 heavy (non-hydrogen) atoms. The lowest BCUT2D eigenvalue weighted by Crippen LogP contribution is -2.33. The van der Waals surface area contributed by atoms with Gasteiger partial charge in [0.05, 0.1) is 7.11 Å². The van der Waals surface area contributed by atoms with E-state index in [1.54, 1.807) is 19.2 Å². The highest BCUT2D eigenvalue weighted by Crippen LogP contribution is 2.18. The Balaban J connectivity index is 2.75. The third kappa shape index (κ3) is 3.75. The highest BCUT2D eigenvalue weighted by Gasteiger charge is 2.11. The lowest BCUT2D eigenvalue weighted by molar-refractivity contribution is 0.0934. The molecule has 4 nitrogen and oxygen atoms in total. The van der Waals surface area contributed by atoms with E-state index >= 15 is 0 Å². The predicted octanol–water partition coefficient (Wildman–Crippen LogP) is 1.50. The maximum Gasteiger partial charge on any atom is 0.251 e. The first kappa shape index (κ1) is 13.5. The Morgan fingerprint density at radius 1 is 1.53 bits per heavy atom. The van der Waals surface area contributed by atoms with Gasteiger partial charge in [-0.3, -0.25) is 4.79 Å². The Kier molecular flexibility index (Phi) is 4.97. The zero-order valence-electron chi connectivity index (χ0n) is 10.5. The van der Waals surface area contributed by atoms with Crippen LogP contribution in [0, 0.1) is 6.92 Å². The maximum absolute atomic E-state index is 11.9. The minimum Gasteiger partial charge on any atom is -0.496 e. The predicted molar refractivity (Wildman–Crippen MR) is 66.4 cm³/mol. The topological polar surface area (TPSA) is 58.6 Å². The van der Waals surface area contributed by atoms with Crippen LogP contribution in [-0.2, 0) is 0 Å². The molecule has 1 rings (SSSR count). The summed E-state index contributed by atoms with van der Waals surface area (Å²) in [6.45, 7) is 3.85. The number of ether oxygens (including phenoxy) is 1. The number of carbonyl (C=O) groups excluding carboxylic acids is 1. The Bertz CT molecular complexity index is 390. The van der Waals surface area contributed by atoms with Crippen LogP contribution in [-0.4, -0.2) is 30.8 Å². The molecule has 0 radical (unpaired) electrons. The molecule has 1 unspecified atom stereocenters. The van der Waals surface area contributed by atoms with Gasteiger partial charge in [-0.25, -0.2) is 0 Å². The molecule has 4 heteroatoms. The van der Waals surface area contributed by atoms with Gasteiger partial charge in [-0.2, -0.15) is 0 Å². The normalized spacial score (nSPS) is 12.0. The van der Waals surface area contributed by atoms with Gasteiger partial charge in [0.1, 0.15) is 5.75 Å². The summed E-state index contributed by atoms with van der Waals surface area (Å²) in [5.74, 6) is 0.553. The van der Waals surface area contributed by atoms with Gasteiger partial charge in [-0.15, -0.1) is 0 Å². The molecule has 0 spiro atoms. The van der Waals surface area contributed by atoms with E-state index in [2.05, 4.69) is 5.32 Å². The van der Waals surface area contributed by atoms with E-state index in [0.29, 0.717) is 17.7 Å². The van der Waals surface area contributed by atoms with Gasteiger partial charge in [0.15, 0.2) is 0 Å². The van der Waals surface area contributed by atoms with E-state index in [1.807, 2.05) is 19.9 Å². The molecule has 0 aromatic heterocycles. The second-order valence-corrected chi connectivity index (χ2v) is 4.07. The second kappa shape index (κ2) is 6.25. The summed E-state index contributed by atoms with van der Waals surface area (Å²) in [5.41, 5.74) is 1.56. The second-order valence-electron chi connectivity index (χ2n) is 4.07. The van der Waals surface area contributed by atoms with Crippen molar-refractivity contribution in [2.45, 2.75) is 26.3 Å². The quantitative estimate of drug-likeness (QED) is 0.816. The van der Waals surface area contributed by atoms with E-state index in [-0.39, 0.29) is 18.6 Å². The fourth-order valence-electron chi connectivity index (χ4n) is 1.53. The van der Waals surface area contributed by atoms with E-state index in [9.17, 15) is 4.79 Å². The van der Waals surface area contributed by atoms with Crippen LogP contribution in [0.1, 0.15) is 29.3 Å². The largest absolute Gasteiger partial charge is 0.496 e. The lowest BCUT2D eigenvalue weighted by Gasteiger charge is -2.13. The average molecular weight is 237 g/mol. The van der Waals surface area contributed by atoms with Crippen LogP contribution in [0.3, 0.4) is 0 Å². The molecule has 1 aromatic carbocycles. The van der Waals surface area contributed by atoms with Gasteiger partial charge in [-0.05, 0) is 38.0 Å². The van der Waals surface area contributed by atoms with Gasteiger partial charge in [0.2, 0.25) is 0 Å². The maximum atomic E-state index is 11.9. The van der Waals surface area contributed by atoms with Crippen LogP contribution in [0.4, 0.5) is 0 Å². The van der Waals surface area contributed by atoms with Crippen LogP contribution in [0.5, 0.6) is 5.75 Å². The molecule has 0 saturated heterocycles. The summed E-state index contributed by atoms with van der Waals surface area (Å²) in [4.78, 5) is 11.9. The van der Waals surface area contributed by atoms with Gasteiger partial charge < -0.3 is 15.2 Å². The van der Waals surface area contributed by atoms with Crippen molar-refractivity contribution in [2.75, 3.05) is 13.7 Å². The number of rotatable bonds is 5. The Hall–Kier alpha value is -1.55. The minimum absolute atomic E-state index is 0.0419. The molecule has 0 bridgehead atoms. The van der Waals surface area contributed by atoms with Crippen LogP contribution in [0.15, 0.2) is 18.2 Å². The van der Waals surface area contributed by atoms with Crippen molar-refractivity contribution in [2.24, 2.45) is 0 Å². The molecule has 0 heterocycles. The minimum atomic E-state index is -0.149. The van der Waals surface area contributed by atoms with E-state index < -0.39 is 0 Å². The molecular formula is C13H19NO3. The van der Waals surface area contributed by atoms with Crippen molar-refractivity contribution in [1.82, 2.24) is 5.32 Å². The lowest BCUT2D eigenvalue weighted by atomic mass is 10.1. The number of amides is 1. The van der Waals surface area contributed by atoms with Crippen molar-refractivity contribution in [3.63, 3.8) is 0 Å². The number of aryl methyl sites for hydroxylation is 1. The molecule has 2 N–H and O–H groups in total. The number of hydrogen-bond donors (Lipinski definition) is 2. The molecule has 0 aliphatic carbocycles. The molecule has 1 atom stereocenters. The molecule has 0 aliphatic rings. The average Bonchev–Trinajstić information content (AvgIpc) is 2.29. The third-order valence-electron chi connectivity index (χ3n) is 2.61. The fraction of sp³-hybridized carbons (Fsp3) is 0.462. The standard InChI is InChI=1S/C13H19NO3/c1-9-4-5-11(8-12(9)17-3)13(16)14-10(2)6-7-15/h4-5,8,10,15H,6-7H2,1-3H3,(H,14,16). The van der Waals surface area contributed by atoms with Gasteiger partial charge in [0.25, 0.3) is 5.91 Å². The molecule has 0 fully saturated rings. The van der Waals surface area contributed by atoms with Gasteiger partial charge in [-0.1, -0.05) is 6.07 Å². The molecule has 94 valence electrons. The van der Waals surface area contributed by atoms with E-state index in [0.717, 1.165) is 5.56 Å². The van der Waals surface area contributed by atoms with Crippen LogP contribution >= 0.6 is 0 Å². The molecule has 1 aromatic rings. The highest BCUT2D eigenvalue weighted by molar-refractivity contribution is 5.94. The van der Waals surface area contributed by atoms with E-state index in [4.69, 9.17) is 9.84 Å². The summed E-state index contributed by atoms with van der Waals surface area (Å²) in [6, 6.07) is 5.29. The van der Waals surface area contributed by atoms with Crippen molar-refractivity contribution < 1.29 is 14.6 Å². The molecule has 0 aliphatic heterocycles. The number of nitrogens with one attached hydrogen (secondary N) is 1. The summed E-state index contributed by atoms with van der Waals surface area (Å²) in [5, 5.41) is 11.6. The highest BCUT2D eigenvalue weighted by atomic mass is 16.5. The molecule has 1 amide bonds. The number of hydrogen-bond acceptors (Lipinski definition) is 3. The van der Waals surface area contributed by atoms with Crippen molar-refractivity contribution in [3.05, 3.63) is 29.3 Å². The number of aliphatic hydroxyl groups excluding tert-OH is 1. The summed E-state index contributed by atoms with van der Waals surface area (Å²) >= 11 is 0. The van der Waals surface area contributed by atoms with Gasteiger partial charge >= 0.3 is 0 Å². The monoisotopic (exact) mass is 237 g/mol. The summed E-state index contributed by atoms with van der Waals surface area (Å²) in [6.07, 6.45) is 0.550. The Morgan fingerprint density at radius 2 is 2.24 bits per heavy atom. The zero-order valence-corrected chi connectivity index (χ0v) is 10.5. The summed E-state index contributed by atoms with van der Waals surface area (Å²) < 4.78 is 5.17. The third-order valence-corrected chi connectivity index (χ3v) is 2.61. The first-order valence-electron chi connectivity index (χ1n) is 5.65. The van der Waals surface area contributed by atoms with Crippen molar-refractivity contribution in [3.8, 4) is 5.75 Å². The van der Waals surface area contributed by atoms with Crippen molar-refractivity contribution >= 4 is 5.91 Å². The van der Waals surface area contributed by atoms with Crippen LogP contribution in [0.25, 0.3) is 0 Å². The fourth-order valence-corrected chi connectivity index (χ4v) is 1.53. The summed E-state index contributed by atoms with van der Waals surface area (Å²) in [7, 11) is 1.58. The SMILES string of the molecule is COc1cc(C(=O)NC(C)CCO)ccc1C. The smallest absolute Gasteiger partial charge is 0.251 e. The molecule has 0 saturated carbocycles. The number of methoxy groups -OCH3 is 1. The first-order chi connectivity index (χ1) is 8.08. The van der Waals surface area contributed by atoms with Crippen LogP contribution in [0.2, 0.25) is 0 Å². The van der Waals surface area contributed by atoms with Crippen LogP contribution < -0.4 is 10.1 Å². The zero-order chi connectivity index (χ0) is 12.8. The number of benzene rings is 1. The Morgan fingerprint density at radius 3 is 2.82 bits per heavy atom. The number of aliphatic hydroxyl groups is 1. The Labute approximate surface area is 102 Å².